The average Bonchev–Trinajstić information content (AvgIpc) is 2.82. The molecule has 2 aromatic carbocycles. The van der Waals surface area contributed by atoms with Crippen molar-refractivity contribution in [3.8, 4) is 0 Å². The summed E-state index contributed by atoms with van der Waals surface area (Å²) in [5.41, 5.74) is 0.298. The smallest absolute Gasteiger partial charge is 0.352 e. The van der Waals surface area contributed by atoms with Gasteiger partial charge in [-0.3, -0.25) is 13.9 Å². The van der Waals surface area contributed by atoms with E-state index < -0.39 is 40.3 Å². The van der Waals surface area contributed by atoms with E-state index >= 15 is 0 Å². The molecule has 0 spiro atoms. The predicted molar refractivity (Wildman–Crippen MR) is 137 cm³/mol. The van der Waals surface area contributed by atoms with E-state index in [0.29, 0.717) is 16.8 Å². The molecule has 0 bridgehead atoms. The summed E-state index contributed by atoms with van der Waals surface area (Å²) in [6.45, 7) is 6.58. The Labute approximate surface area is 216 Å². The fourth-order valence-corrected chi connectivity index (χ4v) is 4.62. The van der Waals surface area contributed by atoms with Crippen molar-refractivity contribution >= 4 is 27.5 Å². The maximum atomic E-state index is 13.6. The Bertz CT molecular complexity index is 1200. The Balaban J connectivity index is 2.51. The Morgan fingerprint density at radius 2 is 1.68 bits per heavy atom. The maximum absolute atomic E-state index is 13.6. The van der Waals surface area contributed by atoms with Crippen molar-refractivity contribution in [1.82, 2.24) is 10.2 Å². The molecule has 0 saturated heterocycles. The van der Waals surface area contributed by atoms with Crippen molar-refractivity contribution in [3.63, 3.8) is 0 Å². The third-order valence-electron chi connectivity index (χ3n) is 6.13. The minimum Gasteiger partial charge on any atom is -0.352 e. The summed E-state index contributed by atoms with van der Waals surface area (Å²) >= 11 is 0. The van der Waals surface area contributed by atoms with E-state index in [1.165, 1.54) is 11.0 Å². The highest BCUT2D eigenvalue weighted by atomic mass is 32.2. The number of rotatable bonds is 11. The molecule has 0 aromatic heterocycles. The second kappa shape index (κ2) is 12.4. The van der Waals surface area contributed by atoms with Crippen LogP contribution in [0.25, 0.3) is 0 Å². The topological polar surface area (TPSA) is 86.8 Å². The number of sulfonamides is 1. The first-order valence-corrected chi connectivity index (χ1v) is 13.8. The van der Waals surface area contributed by atoms with Crippen LogP contribution in [0.4, 0.5) is 18.9 Å². The Morgan fingerprint density at radius 1 is 1.03 bits per heavy atom. The van der Waals surface area contributed by atoms with Crippen molar-refractivity contribution in [2.75, 3.05) is 17.1 Å². The number of anilines is 1. The van der Waals surface area contributed by atoms with Crippen LogP contribution >= 0.6 is 0 Å². The first kappa shape index (κ1) is 30.1. The summed E-state index contributed by atoms with van der Waals surface area (Å²) in [7, 11) is -4.15. The minimum absolute atomic E-state index is 0.0259. The van der Waals surface area contributed by atoms with E-state index in [-0.39, 0.29) is 30.6 Å². The third kappa shape index (κ3) is 8.21. The largest absolute Gasteiger partial charge is 0.416 e. The fraction of sp³-hybridized carbons (Fsp3) is 0.462. The van der Waals surface area contributed by atoms with Crippen LogP contribution in [0.5, 0.6) is 0 Å². The van der Waals surface area contributed by atoms with E-state index in [0.717, 1.165) is 29.5 Å². The molecule has 0 fully saturated rings. The molecule has 2 unspecified atom stereocenters. The number of benzene rings is 2. The van der Waals surface area contributed by atoms with Crippen molar-refractivity contribution in [2.45, 2.75) is 65.3 Å². The zero-order valence-electron chi connectivity index (χ0n) is 21.7. The quantitative estimate of drug-likeness (QED) is 0.454. The molecular weight excluding hydrogens is 507 g/mol. The van der Waals surface area contributed by atoms with Gasteiger partial charge in [0.2, 0.25) is 21.8 Å². The van der Waals surface area contributed by atoms with Gasteiger partial charge in [0.1, 0.15) is 12.6 Å². The molecule has 37 heavy (non-hydrogen) atoms. The number of carbonyl (C=O) groups is 2. The molecule has 11 heteroatoms. The molecule has 2 aromatic rings. The number of hydrogen-bond acceptors (Lipinski definition) is 4. The van der Waals surface area contributed by atoms with Crippen LogP contribution in [-0.2, 0) is 32.3 Å². The number of hydrogen-bond donors (Lipinski definition) is 1. The van der Waals surface area contributed by atoms with Crippen LogP contribution in [0, 0.1) is 6.92 Å². The van der Waals surface area contributed by atoms with Gasteiger partial charge in [0.15, 0.2) is 0 Å². The first-order valence-electron chi connectivity index (χ1n) is 12.0. The van der Waals surface area contributed by atoms with Gasteiger partial charge < -0.3 is 10.2 Å². The SMILES string of the molecule is CCC(C)NC(=O)C(CC)N(Cc1ccccc1C)C(=O)CN(c1cccc(C(F)(F)F)c1)S(C)(=O)=O. The highest BCUT2D eigenvalue weighted by molar-refractivity contribution is 7.92. The van der Waals surface area contributed by atoms with Gasteiger partial charge in [0.05, 0.1) is 17.5 Å². The minimum atomic E-state index is -4.69. The van der Waals surface area contributed by atoms with Crippen LogP contribution in [0.1, 0.15) is 50.3 Å². The molecule has 0 aliphatic rings. The molecule has 0 saturated carbocycles. The first-order chi connectivity index (χ1) is 17.2. The molecule has 0 radical (unpaired) electrons. The number of carbonyl (C=O) groups excluding carboxylic acids is 2. The highest BCUT2D eigenvalue weighted by Crippen LogP contribution is 2.32. The molecule has 0 aliphatic carbocycles. The van der Waals surface area contributed by atoms with Gasteiger partial charge in [-0.25, -0.2) is 8.42 Å². The van der Waals surface area contributed by atoms with Crippen molar-refractivity contribution in [3.05, 3.63) is 65.2 Å². The molecule has 204 valence electrons. The standard InChI is InChI=1S/C26H34F3N3O4S/c1-6-19(4)30-25(34)23(7-2)31(16-20-12-9-8-11-18(20)3)24(33)17-32(37(5,35)36)22-14-10-13-21(15-22)26(27,28)29/h8-15,19,23H,6-7,16-17H2,1-5H3,(H,30,34). The van der Waals surface area contributed by atoms with Crippen LogP contribution in [0.15, 0.2) is 48.5 Å². The van der Waals surface area contributed by atoms with Crippen molar-refractivity contribution in [2.24, 2.45) is 0 Å². The van der Waals surface area contributed by atoms with Gasteiger partial charge in [-0.05, 0) is 56.0 Å². The molecule has 0 aliphatic heterocycles. The molecule has 2 amide bonds. The van der Waals surface area contributed by atoms with Gasteiger partial charge in [-0.2, -0.15) is 13.2 Å². The lowest BCUT2D eigenvalue weighted by Gasteiger charge is -2.33. The number of nitrogens with zero attached hydrogens (tertiary/aromatic N) is 2. The Hall–Kier alpha value is -3.08. The Morgan fingerprint density at radius 3 is 2.22 bits per heavy atom. The summed E-state index contributed by atoms with van der Waals surface area (Å²) in [5, 5.41) is 2.87. The normalized spacial score (nSPS) is 13.5. The fourth-order valence-electron chi connectivity index (χ4n) is 3.78. The number of aryl methyl sites for hydroxylation is 1. The lowest BCUT2D eigenvalue weighted by Crippen LogP contribution is -2.53. The van der Waals surface area contributed by atoms with Gasteiger partial charge in [0.25, 0.3) is 0 Å². The second-order valence-electron chi connectivity index (χ2n) is 9.01. The maximum Gasteiger partial charge on any atom is 0.416 e. The molecule has 7 nitrogen and oxygen atoms in total. The molecule has 2 rings (SSSR count). The molecule has 0 heterocycles. The van der Waals surface area contributed by atoms with E-state index in [2.05, 4.69) is 5.32 Å². The lowest BCUT2D eigenvalue weighted by atomic mass is 10.1. The van der Waals surface area contributed by atoms with Crippen LogP contribution in [-0.4, -0.2) is 50.0 Å². The molecular formula is C26H34F3N3O4S. The van der Waals surface area contributed by atoms with Gasteiger partial charge in [-0.15, -0.1) is 0 Å². The van der Waals surface area contributed by atoms with E-state index in [4.69, 9.17) is 0 Å². The second-order valence-corrected chi connectivity index (χ2v) is 10.9. The van der Waals surface area contributed by atoms with Gasteiger partial charge in [0, 0.05) is 12.6 Å². The van der Waals surface area contributed by atoms with Gasteiger partial charge in [-0.1, -0.05) is 44.2 Å². The van der Waals surface area contributed by atoms with E-state index in [1.54, 1.807) is 19.1 Å². The molecule has 1 N–H and O–H groups in total. The monoisotopic (exact) mass is 541 g/mol. The van der Waals surface area contributed by atoms with E-state index in [9.17, 15) is 31.2 Å². The number of alkyl halides is 3. The van der Waals surface area contributed by atoms with Crippen molar-refractivity contribution < 1.29 is 31.2 Å². The zero-order valence-corrected chi connectivity index (χ0v) is 22.5. The van der Waals surface area contributed by atoms with Crippen molar-refractivity contribution in [1.29, 1.82) is 0 Å². The number of nitrogens with one attached hydrogen (secondary N) is 1. The van der Waals surface area contributed by atoms with Gasteiger partial charge >= 0.3 is 6.18 Å². The third-order valence-corrected chi connectivity index (χ3v) is 7.27. The Kier molecular flexibility index (Phi) is 10.1. The zero-order chi connectivity index (χ0) is 28.0. The average molecular weight is 542 g/mol. The summed E-state index contributed by atoms with van der Waals surface area (Å²) in [5.74, 6) is -1.10. The predicted octanol–water partition coefficient (Wildman–Crippen LogP) is 4.50. The van der Waals surface area contributed by atoms with Crippen LogP contribution in [0.3, 0.4) is 0 Å². The summed E-state index contributed by atoms with van der Waals surface area (Å²) in [6.07, 6.45) is -2.95. The highest BCUT2D eigenvalue weighted by Gasteiger charge is 2.34. The summed E-state index contributed by atoms with van der Waals surface area (Å²) in [6, 6.07) is 10.0. The summed E-state index contributed by atoms with van der Waals surface area (Å²) < 4.78 is 65.7. The summed E-state index contributed by atoms with van der Waals surface area (Å²) in [4.78, 5) is 28.1. The van der Waals surface area contributed by atoms with Crippen LogP contribution in [0.2, 0.25) is 0 Å². The number of halogens is 3. The van der Waals surface area contributed by atoms with Crippen LogP contribution < -0.4 is 9.62 Å². The molecule has 2 atom stereocenters. The van der Waals surface area contributed by atoms with E-state index in [1.807, 2.05) is 32.9 Å². The lowest BCUT2D eigenvalue weighted by molar-refractivity contribution is -0.140. The number of amides is 2.